The Hall–Kier alpha value is -0.770. The summed E-state index contributed by atoms with van der Waals surface area (Å²) in [6, 6.07) is 0.662. The third-order valence-corrected chi connectivity index (χ3v) is 5.24. The van der Waals surface area contributed by atoms with Gasteiger partial charge in [0, 0.05) is 19.2 Å². The van der Waals surface area contributed by atoms with Gasteiger partial charge >= 0.3 is 0 Å². The average Bonchev–Trinajstić information content (AvgIpc) is 3.08. The van der Waals surface area contributed by atoms with Crippen molar-refractivity contribution in [1.82, 2.24) is 10.6 Å². The van der Waals surface area contributed by atoms with Gasteiger partial charge in [-0.05, 0) is 38.0 Å². The van der Waals surface area contributed by atoms with Crippen LogP contribution in [0.4, 0.5) is 0 Å². The van der Waals surface area contributed by atoms with Crippen molar-refractivity contribution < 1.29 is 4.74 Å². The van der Waals surface area contributed by atoms with E-state index in [0.29, 0.717) is 12.1 Å². The van der Waals surface area contributed by atoms with Crippen LogP contribution in [0.5, 0.6) is 0 Å². The van der Waals surface area contributed by atoms with Gasteiger partial charge < -0.3 is 15.4 Å². The number of nitrogens with one attached hydrogen (secondary N) is 2. The van der Waals surface area contributed by atoms with Gasteiger partial charge in [-0.1, -0.05) is 32.1 Å². The second-order valence-corrected chi connectivity index (χ2v) is 6.90. The molecular formula is C17H31N3O. The van der Waals surface area contributed by atoms with Crippen molar-refractivity contribution >= 4 is 5.96 Å². The molecule has 2 N–H and O–H groups in total. The maximum Gasteiger partial charge on any atom is 0.191 e. The monoisotopic (exact) mass is 293 g/mol. The molecule has 0 aromatic heterocycles. The van der Waals surface area contributed by atoms with E-state index >= 15 is 0 Å². The number of hydrogen-bond donors (Lipinski definition) is 2. The quantitative estimate of drug-likeness (QED) is 0.605. The first-order chi connectivity index (χ1) is 10.4. The summed E-state index contributed by atoms with van der Waals surface area (Å²) >= 11 is 0. The van der Waals surface area contributed by atoms with Gasteiger partial charge in [0.25, 0.3) is 0 Å². The smallest absolute Gasteiger partial charge is 0.191 e. The van der Waals surface area contributed by atoms with Crippen LogP contribution in [0.1, 0.15) is 58.3 Å². The molecule has 0 radical (unpaired) electrons. The molecule has 1 saturated heterocycles. The first-order valence-corrected chi connectivity index (χ1v) is 9.03. The Kier molecular flexibility index (Phi) is 5.39. The van der Waals surface area contributed by atoms with E-state index in [9.17, 15) is 0 Å². The van der Waals surface area contributed by atoms with E-state index in [-0.39, 0.29) is 0 Å². The Balaban J connectivity index is 1.45. The average molecular weight is 293 g/mol. The predicted octanol–water partition coefficient (Wildman–Crippen LogP) is 2.69. The molecule has 1 aliphatic heterocycles. The molecule has 3 atom stereocenters. The van der Waals surface area contributed by atoms with Crippen LogP contribution in [0.25, 0.3) is 0 Å². The topological polar surface area (TPSA) is 45.7 Å². The second-order valence-electron chi connectivity index (χ2n) is 6.90. The van der Waals surface area contributed by atoms with Crippen molar-refractivity contribution in [1.29, 1.82) is 0 Å². The molecule has 0 aromatic rings. The van der Waals surface area contributed by atoms with E-state index < -0.39 is 0 Å². The number of nitrogens with zero attached hydrogens (tertiary/aromatic N) is 1. The molecule has 120 valence electrons. The van der Waals surface area contributed by atoms with Crippen LogP contribution in [0.15, 0.2) is 4.99 Å². The lowest BCUT2D eigenvalue weighted by Crippen LogP contribution is -2.40. The van der Waals surface area contributed by atoms with Crippen LogP contribution in [0, 0.1) is 11.8 Å². The largest absolute Gasteiger partial charge is 0.376 e. The third kappa shape index (κ3) is 4.35. The fourth-order valence-electron chi connectivity index (χ4n) is 3.94. The molecule has 4 heteroatoms. The van der Waals surface area contributed by atoms with Crippen LogP contribution >= 0.6 is 0 Å². The fourth-order valence-corrected chi connectivity index (χ4v) is 3.94. The van der Waals surface area contributed by atoms with Crippen LogP contribution in [0.2, 0.25) is 0 Å². The number of guanidine groups is 1. The molecule has 0 spiro atoms. The Morgan fingerprint density at radius 3 is 2.71 bits per heavy atom. The summed E-state index contributed by atoms with van der Waals surface area (Å²) in [5.74, 6) is 2.87. The minimum Gasteiger partial charge on any atom is -0.376 e. The molecule has 3 aliphatic rings. The zero-order valence-corrected chi connectivity index (χ0v) is 13.4. The highest BCUT2D eigenvalue weighted by Crippen LogP contribution is 2.44. The number of aliphatic imine (C=N–C) groups is 1. The van der Waals surface area contributed by atoms with Gasteiger partial charge in [0.2, 0.25) is 0 Å². The van der Waals surface area contributed by atoms with E-state index in [2.05, 4.69) is 17.6 Å². The minimum absolute atomic E-state index is 0.341. The van der Waals surface area contributed by atoms with Gasteiger partial charge in [-0.3, -0.25) is 4.99 Å². The summed E-state index contributed by atoms with van der Waals surface area (Å²) in [7, 11) is 0. The molecule has 3 fully saturated rings. The fraction of sp³-hybridized carbons (Fsp3) is 0.941. The summed E-state index contributed by atoms with van der Waals surface area (Å²) in [4.78, 5) is 4.72. The van der Waals surface area contributed by atoms with Gasteiger partial charge in [-0.15, -0.1) is 0 Å². The van der Waals surface area contributed by atoms with Crippen molar-refractivity contribution in [3.8, 4) is 0 Å². The molecule has 3 unspecified atom stereocenters. The van der Waals surface area contributed by atoms with E-state index in [0.717, 1.165) is 43.9 Å². The van der Waals surface area contributed by atoms with Crippen molar-refractivity contribution in [3.05, 3.63) is 0 Å². The standard InChI is InChI=1S/C17H31N3O/c1-2-18-17(19-12-14-9-6-10-21-14)20-16-11-15(16)13-7-4-3-5-8-13/h13-16H,2-12H2,1H3,(H2,18,19,20). The first-order valence-electron chi connectivity index (χ1n) is 9.03. The second kappa shape index (κ2) is 7.48. The van der Waals surface area contributed by atoms with E-state index in [1.54, 1.807) is 0 Å². The molecule has 2 aliphatic carbocycles. The van der Waals surface area contributed by atoms with Gasteiger partial charge in [0.15, 0.2) is 5.96 Å². The van der Waals surface area contributed by atoms with E-state index in [1.165, 1.54) is 44.9 Å². The Labute approximate surface area is 129 Å². The third-order valence-electron chi connectivity index (χ3n) is 5.24. The summed E-state index contributed by atoms with van der Waals surface area (Å²) in [5.41, 5.74) is 0. The lowest BCUT2D eigenvalue weighted by Gasteiger charge is -2.22. The molecule has 21 heavy (non-hydrogen) atoms. The Morgan fingerprint density at radius 1 is 1.14 bits per heavy atom. The highest BCUT2D eigenvalue weighted by Gasteiger charge is 2.43. The molecule has 3 rings (SSSR count). The van der Waals surface area contributed by atoms with Crippen LogP contribution in [-0.2, 0) is 4.74 Å². The minimum atomic E-state index is 0.341. The van der Waals surface area contributed by atoms with Crippen LogP contribution in [-0.4, -0.2) is 37.8 Å². The number of ether oxygens (including phenoxy) is 1. The summed E-state index contributed by atoms with van der Waals surface area (Å²) in [5, 5.41) is 7.03. The summed E-state index contributed by atoms with van der Waals surface area (Å²) < 4.78 is 5.66. The lowest BCUT2D eigenvalue weighted by molar-refractivity contribution is 0.117. The summed E-state index contributed by atoms with van der Waals surface area (Å²) in [6.45, 7) is 4.78. The Bertz CT molecular complexity index is 346. The van der Waals surface area contributed by atoms with Gasteiger partial charge in [-0.25, -0.2) is 0 Å². The Morgan fingerprint density at radius 2 is 2.00 bits per heavy atom. The number of hydrogen-bond acceptors (Lipinski definition) is 2. The maximum absolute atomic E-state index is 5.66. The van der Waals surface area contributed by atoms with Crippen LogP contribution < -0.4 is 10.6 Å². The molecule has 1 heterocycles. The SMILES string of the molecule is CCNC(=NCC1CCCO1)NC1CC1C1CCCCC1. The van der Waals surface area contributed by atoms with Gasteiger partial charge in [-0.2, -0.15) is 0 Å². The maximum atomic E-state index is 5.66. The van der Waals surface area contributed by atoms with E-state index in [1.807, 2.05) is 0 Å². The highest BCUT2D eigenvalue weighted by molar-refractivity contribution is 5.80. The number of rotatable bonds is 5. The molecule has 0 aromatic carbocycles. The van der Waals surface area contributed by atoms with Crippen LogP contribution in [0.3, 0.4) is 0 Å². The molecule has 0 bridgehead atoms. The zero-order valence-electron chi connectivity index (χ0n) is 13.4. The molecular weight excluding hydrogens is 262 g/mol. The summed E-state index contributed by atoms with van der Waals surface area (Å²) in [6.07, 6.45) is 11.3. The van der Waals surface area contributed by atoms with Crippen molar-refractivity contribution in [2.24, 2.45) is 16.8 Å². The predicted molar refractivity (Wildman–Crippen MR) is 86.6 cm³/mol. The lowest BCUT2D eigenvalue weighted by atomic mass is 9.85. The van der Waals surface area contributed by atoms with Crippen molar-refractivity contribution in [3.63, 3.8) is 0 Å². The van der Waals surface area contributed by atoms with Crippen molar-refractivity contribution in [2.45, 2.75) is 70.4 Å². The van der Waals surface area contributed by atoms with Crippen molar-refractivity contribution in [2.75, 3.05) is 19.7 Å². The first kappa shape index (κ1) is 15.1. The molecule has 2 saturated carbocycles. The normalized spacial score (nSPS) is 34.0. The van der Waals surface area contributed by atoms with Gasteiger partial charge in [0.1, 0.15) is 0 Å². The molecule has 4 nitrogen and oxygen atoms in total. The highest BCUT2D eigenvalue weighted by atomic mass is 16.5. The molecule has 0 amide bonds. The zero-order chi connectivity index (χ0) is 14.5. The van der Waals surface area contributed by atoms with E-state index in [4.69, 9.17) is 9.73 Å². The van der Waals surface area contributed by atoms with Gasteiger partial charge in [0.05, 0.1) is 12.6 Å².